The second-order valence-electron chi connectivity index (χ2n) is 6.57. The van der Waals surface area contributed by atoms with Crippen LogP contribution in [0.2, 0.25) is 0 Å². The quantitative estimate of drug-likeness (QED) is 0.820. The highest BCUT2D eigenvalue weighted by Crippen LogP contribution is 2.34. The molecule has 4 nitrogen and oxygen atoms in total. The van der Waals surface area contributed by atoms with Crippen LogP contribution in [0.4, 0.5) is 13.2 Å². The highest BCUT2D eigenvalue weighted by Gasteiger charge is 2.34. The van der Waals surface area contributed by atoms with Gasteiger partial charge in [-0.15, -0.1) is 0 Å². The molecule has 2 N–H and O–H groups in total. The summed E-state index contributed by atoms with van der Waals surface area (Å²) in [4.78, 5) is 12.1. The Bertz CT molecular complexity index is 584. The van der Waals surface area contributed by atoms with Gasteiger partial charge in [0.2, 0.25) is 5.91 Å². The number of benzene rings is 1. The summed E-state index contributed by atoms with van der Waals surface area (Å²) in [5.41, 5.74) is -0.741. The summed E-state index contributed by atoms with van der Waals surface area (Å²) in [6.45, 7) is 3.80. The zero-order valence-electron chi connectivity index (χ0n) is 14.6. The molecule has 2 rings (SSSR count). The predicted octanol–water partition coefficient (Wildman–Crippen LogP) is 3.36. The van der Waals surface area contributed by atoms with E-state index in [1.54, 1.807) is 0 Å². The van der Waals surface area contributed by atoms with Crippen molar-refractivity contribution in [1.82, 2.24) is 10.6 Å². The summed E-state index contributed by atoms with van der Waals surface area (Å²) in [6.07, 6.45) is -2.09. The first-order valence-corrected chi connectivity index (χ1v) is 8.52. The Labute approximate surface area is 146 Å². The number of rotatable bonds is 6. The van der Waals surface area contributed by atoms with Crippen LogP contribution < -0.4 is 15.4 Å². The number of amides is 1. The second-order valence-corrected chi connectivity index (χ2v) is 6.57. The van der Waals surface area contributed by atoms with Crippen molar-refractivity contribution in [2.75, 3.05) is 20.2 Å². The van der Waals surface area contributed by atoms with Crippen LogP contribution >= 0.6 is 0 Å². The number of nitrogens with one attached hydrogen (secondary N) is 2. The molecule has 1 saturated heterocycles. The van der Waals surface area contributed by atoms with Crippen molar-refractivity contribution in [3.05, 3.63) is 29.3 Å². The average Bonchev–Trinajstić information content (AvgIpc) is 2.59. The molecule has 1 atom stereocenters. The van der Waals surface area contributed by atoms with Crippen LogP contribution in [0.5, 0.6) is 5.75 Å². The molecule has 1 aliphatic heterocycles. The zero-order valence-corrected chi connectivity index (χ0v) is 14.6. The number of alkyl halides is 3. The molecule has 1 fully saturated rings. The minimum absolute atomic E-state index is 0.0381. The molecule has 140 valence electrons. The van der Waals surface area contributed by atoms with Gasteiger partial charge in [0.15, 0.2) is 0 Å². The molecule has 0 saturated carbocycles. The fourth-order valence-electron chi connectivity index (χ4n) is 3.24. The van der Waals surface area contributed by atoms with Crippen LogP contribution in [0.25, 0.3) is 0 Å². The maximum absolute atomic E-state index is 13.2. The number of carbonyl (C=O) groups is 1. The highest BCUT2D eigenvalue weighted by atomic mass is 19.4. The smallest absolute Gasteiger partial charge is 0.416 e. The van der Waals surface area contributed by atoms with E-state index in [4.69, 9.17) is 4.74 Å². The van der Waals surface area contributed by atoms with Crippen LogP contribution in [-0.4, -0.2) is 26.1 Å². The number of carbonyl (C=O) groups excluding carboxylic acids is 1. The first-order valence-electron chi connectivity index (χ1n) is 8.52. The van der Waals surface area contributed by atoms with Crippen molar-refractivity contribution in [3.63, 3.8) is 0 Å². The van der Waals surface area contributed by atoms with Crippen molar-refractivity contribution in [1.29, 1.82) is 0 Å². The lowest BCUT2D eigenvalue weighted by molar-refractivity contribution is -0.138. The van der Waals surface area contributed by atoms with E-state index < -0.39 is 11.7 Å². The van der Waals surface area contributed by atoms with E-state index in [0.29, 0.717) is 12.3 Å². The van der Waals surface area contributed by atoms with Crippen molar-refractivity contribution in [2.45, 2.75) is 38.9 Å². The van der Waals surface area contributed by atoms with E-state index in [0.717, 1.165) is 32.0 Å². The van der Waals surface area contributed by atoms with Gasteiger partial charge in [0, 0.05) is 13.0 Å². The molecule has 1 aromatic carbocycles. The highest BCUT2D eigenvalue weighted by molar-refractivity contribution is 5.76. The summed E-state index contributed by atoms with van der Waals surface area (Å²) in [6, 6.07) is 3.77. The van der Waals surface area contributed by atoms with Gasteiger partial charge >= 0.3 is 6.18 Å². The van der Waals surface area contributed by atoms with E-state index in [2.05, 4.69) is 10.6 Å². The maximum atomic E-state index is 13.2. The number of hydrogen-bond donors (Lipinski definition) is 2. The third-order valence-electron chi connectivity index (χ3n) is 4.79. The second kappa shape index (κ2) is 8.56. The lowest BCUT2D eigenvalue weighted by Crippen LogP contribution is -2.33. The topological polar surface area (TPSA) is 50.4 Å². The molecule has 1 amide bonds. The summed E-state index contributed by atoms with van der Waals surface area (Å²) in [5.74, 6) is 0.635. The Morgan fingerprint density at radius 1 is 1.36 bits per heavy atom. The molecule has 1 unspecified atom stereocenters. The van der Waals surface area contributed by atoms with Gasteiger partial charge in [-0.3, -0.25) is 4.79 Å². The van der Waals surface area contributed by atoms with Gasteiger partial charge in [0.1, 0.15) is 5.75 Å². The lowest BCUT2D eigenvalue weighted by atomic mass is 9.84. The number of methoxy groups -OCH3 is 1. The SMILES string of the molecule is COc1ccc(CNC(=O)CC(C)C2CCNCC2)c(C(F)(F)F)c1. The number of halogens is 3. The van der Waals surface area contributed by atoms with Crippen LogP contribution in [0.3, 0.4) is 0 Å². The minimum Gasteiger partial charge on any atom is -0.497 e. The monoisotopic (exact) mass is 358 g/mol. The fourth-order valence-corrected chi connectivity index (χ4v) is 3.24. The molecule has 0 bridgehead atoms. The van der Waals surface area contributed by atoms with Gasteiger partial charge in [0.25, 0.3) is 0 Å². The van der Waals surface area contributed by atoms with Gasteiger partial charge < -0.3 is 15.4 Å². The number of piperidine rings is 1. The van der Waals surface area contributed by atoms with E-state index >= 15 is 0 Å². The van der Waals surface area contributed by atoms with Crippen molar-refractivity contribution < 1.29 is 22.7 Å². The largest absolute Gasteiger partial charge is 0.497 e. The van der Waals surface area contributed by atoms with Gasteiger partial charge in [-0.25, -0.2) is 0 Å². The number of hydrogen-bond acceptors (Lipinski definition) is 3. The van der Waals surface area contributed by atoms with E-state index in [1.165, 1.54) is 19.2 Å². The Morgan fingerprint density at radius 3 is 2.64 bits per heavy atom. The molecule has 0 radical (unpaired) electrons. The molecular weight excluding hydrogens is 333 g/mol. The summed E-state index contributed by atoms with van der Waals surface area (Å²) < 4.78 is 44.4. The lowest BCUT2D eigenvalue weighted by Gasteiger charge is -2.28. The Balaban J connectivity index is 1.94. The van der Waals surface area contributed by atoms with Crippen LogP contribution in [0.15, 0.2) is 18.2 Å². The summed E-state index contributed by atoms with van der Waals surface area (Å²) in [7, 11) is 1.32. The molecule has 25 heavy (non-hydrogen) atoms. The maximum Gasteiger partial charge on any atom is 0.416 e. The van der Waals surface area contributed by atoms with E-state index in [-0.39, 0.29) is 29.7 Å². The normalized spacial score (nSPS) is 17.2. The molecule has 1 aliphatic rings. The number of ether oxygens (including phenoxy) is 1. The van der Waals surface area contributed by atoms with Crippen LogP contribution in [0, 0.1) is 11.8 Å². The van der Waals surface area contributed by atoms with Crippen LogP contribution in [-0.2, 0) is 17.5 Å². The third kappa shape index (κ3) is 5.63. The van der Waals surface area contributed by atoms with Gasteiger partial charge in [0.05, 0.1) is 12.7 Å². The predicted molar refractivity (Wildman–Crippen MR) is 89.2 cm³/mol. The van der Waals surface area contributed by atoms with Gasteiger partial charge in [-0.2, -0.15) is 13.2 Å². The van der Waals surface area contributed by atoms with Gasteiger partial charge in [-0.1, -0.05) is 13.0 Å². The molecule has 1 heterocycles. The Hall–Kier alpha value is -1.76. The van der Waals surface area contributed by atoms with Crippen molar-refractivity contribution in [3.8, 4) is 5.75 Å². The van der Waals surface area contributed by atoms with Crippen molar-refractivity contribution in [2.24, 2.45) is 11.8 Å². The Kier molecular flexibility index (Phi) is 6.70. The first kappa shape index (κ1) is 19.6. The zero-order chi connectivity index (χ0) is 18.4. The minimum atomic E-state index is -4.49. The molecule has 7 heteroatoms. The van der Waals surface area contributed by atoms with E-state index in [1.807, 2.05) is 6.92 Å². The standard InChI is InChI=1S/C18H25F3N2O2/c1-12(13-5-7-22-8-6-13)9-17(24)23-11-14-3-4-15(25-2)10-16(14)18(19,20)21/h3-4,10,12-13,22H,5-9,11H2,1-2H3,(H,23,24). The molecule has 0 aliphatic carbocycles. The van der Waals surface area contributed by atoms with Gasteiger partial charge in [-0.05, 0) is 55.5 Å². The average molecular weight is 358 g/mol. The van der Waals surface area contributed by atoms with Crippen LogP contribution in [0.1, 0.15) is 37.3 Å². The first-order chi connectivity index (χ1) is 11.8. The summed E-state index contributed by atoms with van der Waals surface area (Å²) in [5, 5.41) is 5.91. The Morgan fingerprint density at radius 2 is 2.04 bits per heavy atom. The fraction of sp³-hybridized carbons (Fsp3) is 0.611. The molecular formula is C18H25F3N2O2. The third-order valence-corrected chi connectivity index (χ3v) is 4.79. The van der Waals surface area contributed by atoms with Crippen molar-refractivity contribution >= 4 is 5.91 Å². The summed E-state index contributed by atoms with van der Waals surface area (Å²) >= 11 is 0. The molecule has 0 aromatic heterocycles. The molecule has 1 aromatic rings. The van der Waals surface area contributed by atoms with E-state index in [9.17, 15) is 18.0 Å². The molecule has 0 spiro atoms.